The maximum absolute atomic E-state index is 5.40. The molecule has 4 heterocycles. The number of hydrogen-bond acceptors (Lipinski definition) is 4. The Morgan fingerprint density at radius 3 is 1.55 bits per heavy atom. The highest BCUT2D eigenvalue weighted by atomic mass is 15.3. The van der Waals surface area contributed by atoms with Crippen LogP contribution in [0, 0.1) is 0 Å². The molecule has 1 aliphatic heterocycles. The molecule has 0 spiro atoms. The van der Waals surface area contributed by atoms with E-state index in [1.165, 1.54) is 16.3 Å². The molecular formula is C45H30N6. The minimum absolute atomic E-state index is 0.0428. The van der Waals surface area contributed by atoms with Gasteiger partial charge >= 0.3 is 0 Å². The van der Waals surface area contributed by atoms with E-state index in [4.69, 9.17) is 15.0 Å². The Labute approximate surface area is 293 Å². The van der Waals surface area contributed by atoms with Gasteiger partial charge in [-0.2, -0.15) is 15.0 Å². The van der Waals surface area contributed by atoms with Gasteiger partial charge in [0.15, 0.2) is 5.82 Å². The third kappa shape index (κ3) is 4.07. The van der Waals surface area contributed by atoms with Crippen molar-refractivity contribution in [1.82, 2.24) is 24.1 Å². The second kappa shape index (κ2) is 10.9. The fourth-order valence-corrected chi connectivity index (χ4v) is 8.38. The van der Waals surface area contributed by atoms with E-state index in [0.29, 0.717) is 17.7 Å². The zero-order chi connectivity index (χ0) is 33.5. The van der Waals surface area contributed by atoms with Crippen LogP contribution in [0.25, 0.3) is 66.6 Å². The van der Waals surface area contributed by atoms with Crippen molar-refractivity contribution in [3.63, 3.8) is 0 Å². The van der Waals surface area contributed by atoms with Crippen LogP contribution in [-0.2, 0) is 0 Å². The molecule has 0 amide bonds. The number of para-hydroxylation sites is 6. The third-order valence-electron chi connectivity index (χ3n) is 10.5. The normalized spacial score (nSPS) is 16.4. The van der Waals surface area contributed by atoms with Gasteiger partial charge in [0, 0.05) is 38.7 Å². The van der Waals surface area contributed by atoms with Crippen molar-refractivity contribution < 1.29 is 0 Å². The van der Waals surface area contributed by atoms with E-state index in [1.807, 2.05) is 0 Å². The van der Waals surface area contributed by atoms with Gasteiger partial charge in [0.1, 0.15) is 0 Å². The number of anilines is 2. The summed E-state index contributed by atoms with van der Waals surface area (Å²) >= 11 is 0. The first kappa shape index (κ1) is 28.1. The Kier molecular flexibility index (Phi) is 5.98. The van der Waals surface area contributed by atoms with Crippen molar-refractivity contribution in [2.45, 2.75) is 12.0 Å². The Hall–Kier alpha value is -6.79. The lowest BCUT2D eigenvalue weighted by atomic mass is 9.92. The highest BCUT2D eigenvalue weighted by Gasteiger charge is 2.39. The van der Waals surface area contributed by atoms with Crippen LogP contribution in [0.3, 0.4) is 0 Å². The summed E-state index contributed by atoms with van der Waals surface area (Å²) in [5.41, 5.74) is 8.71. The van der Waals surface area contributed by atoms with Crippen LogP contribution in [0.15, 0.2) is 170 Å². The Balaban J connectivity index is 1.22. The van der Waals surface area contributed by atoms with Crippen LogP contribution in [0.1, 0.15) is 11.5 Å². The van der Waals surface area contributed by atoms with Crippen LogP contribution < -0.4 is 4.90 Å². The summed E-state index contributed by atoms with van der Waals surface area (Å²) in [6, 6.07) is 51.4. The van der Waals surface area contributed by atoms with E-state index >= 15 is 0 Å². The van der Waals surface area contributed by atoms with E-state index in [9.17, 15) is 0 Å². The number of aromatic nitrogens is 5. The quantitative estimate of drug-likeness (QED) is 0.190. The smallest absolute Gasteiger partial charge is 0.240 e. The number of rotatable bonds is 4. The number of fused-ring (bicyclic) bond motifs is 9. The van der Waals surface area contributed by atoms with Gasteiger partial charge in [0.05, 0.1) is 33.8 Å². The fourth-order valence-electron chi connectivity index (χ4n) is 8.38. The molecule has 2 atom stereocenters. The summed E-state index contributed by atoms with van der Waals surface area (Å²) in [5, 5.41) is 4.74. The lowest BCUT2D eigenvalue weighted by molar-refractivity contribution is 0.725. The van der Waals surface area contributed by atoms with Gasteiger partial charge in [-0.25, -0.2) is 0 Å². The monoisotopic (exact) mass is 654 g/mol. The molecule has 6 aromatic carbocycles. The maximum atomic E-state index is 5.40. The highest BCUT2D eigenvalue weighted by Crippen LogP contribution is 2.47. The molecule has 0 saturated carbocycles. The second-order valence-electron chi connectivity index (χ2n) is 13.2. The predicted molar refractivity (Wildman–Crippen MR) is 207 cm³/mol. The van der Waals surface area contributed by atoms with E-state index < -0.39 is 0 Å². The molecule has 0 fully saturated rings. The van der Waals surface area contributed by atoms with E-state index in [1.54, 1.807) is 0 Å². The maximum Gasteiger partial charge on any atom is 0.240 e. The minimum Gasteiger partial charge on any atom is -0.309 e. The highest BCUT2D eigenvalue weighted by molar-refractivity contribution is 6.10. The Morgan fingerprint density at radius 2 is 0.902 bits per heavy atom. The van der Waals surface area contributed by atoms with Crippen LogP contribution in [0.5, 0.6) is 0 Å². The molecule has 51 heavy (non-hydrogen) atoms. The van der Waals surface area contributed by atoms with Gasteiger partial charge in [-0.05, 0) is 48.0 Å². The molecule has 240 valence electrons. The molecule has 9 aromatic rings. The fraction of sp³-hybridized carbons (Fsp3) is 0.0444. The standard InChI is InChI=1S/C45H30N6/c1-8-22-36-29(15-1)30-16-2-9-23-37(30)49(36)42-28-14-7-21-35(42)43-46-44(50-38-24-10-3-17-31(38)32-18-4-11-25-39(32)50)48-45(47-43)51-40-26-12-5-19-33(40)34-20-6-13-27-41(34)51/h1-28,31,38H. The second-order valence-corrected chi connectivity index (χ2v) is 13.2. The van der Waals surface area contributed by atoms with Crippen molar-refractivity contribution in [2.24, 2.45) is 0 Å². The zero-order valence-corrected chi connectivity index (χ0v) is 27.5. The van der Waals surface area contributed by atoms with Crippen LogP contribution in [-0.4, -0.2) is 30.1 Å². The SMILES string of the molecule is C1=CC2c3ccccc3N(c3nc(-c4ccccc4-n4c5ccccc5c5ccccc54)nc(-n4c5ccccc5c5ccccc54)n3)C2C=C1. The topological polar surface area (TPSA) is 51.8 Å². The molecule has 6 heteroatoms. The van der Waals surface area contributed by atoms with Crippen LogP contribution >= 0.6 is 0 Å². The summed E-state index contributed by atoms with van der Waals surface area (Å²) in [4.78, 5) is 18.4. The van der Waals surface area contributed by atoms with E-state index in [2.05, 4.69) is 184 Å². The first-order valence-electron chi connectivity index (χ1n) is 17.4. The van der Waals surface area contributed by atoms with Gasteiger partial charge in [0.2, 0.25) is 11.9 Å². The molecular weight excluding hydrogens is 625 g/mol. The van der Waals surface area contributed by atoms with Crippen molar-refractivity contribution >= 4 is 55.2 Å². The number of allylic oxidation sites excluding steroid dienone is 2. The molecule has 3 aromatic heterocycles. The summed E-state index contributed by atoms with van der Waals surface area (Å²) in [6.07, 6.45) is 8.83. The van der Waals surface area contributed by atoms with Crippen molar-refractivity contribution in [1.29, 1.82) is 0 Å². The van der Waals surface area contributed by atoms with Crippen LogP contribution in [0.4, 0.5) is 11.6 Å². The summed E-state index contributed by atoms with van der Waals surface area (Å²) < 4.78 is 4.54. The first-order chi connectivity index (χ1) is 25.3. The number of nitrogens with zero attached hydrogens (tertiary/aromatic N) is 6. The molecule has 0 saturated heterocycles. The largest absolute Gasteiger partial charge is 0.309 e. The molecule has 11 rings (SSSR count). The number of hydrogen-bond donors (Lipinski definition) is 0. The Bertz CT molecular complexity index is 2800. The summed E-state index contributed by atoms with van der Waals surface area (Å²) in [5.74, 6) is 2.02. The van der Waals surface area contributed by atoms with Crippen LogP contribution in [0.2, 0.25) is 0 Å². The molecule has 6 nitrogen and oxygen atoms in total. The molecule has 0 N–H and O–H groups in total. The lowest BCUT2D eigenvalue weighted by Gasteiger charge is -2.27. The molecule has 1 aliphatic carbocycles. The average molecular weight is 655 g/mol. The third-order valence-corrected chi connectivity index (χ3v) is 10.5. The van der Waals surface area contributed by atoms with E-state index in [-0.39, 0.29) is 12.0 Å². The van der Waals surface area contributed by atoms with Gasteiger partial charge in [-0.3, -0.25) is 4.57 Å². The molecule has 0 bridgehead atoms. The van der Waals surface area contributed by atoms with E-state index in [0.717, 1.165) is 49.8 Å². The lowest BCUT2D eigenvalue weighted by Crippen LogP contribution is -2.30. The summed E-state index contributed by atoms with van der Waals surface area (Å²) in [6.45, 7) is 0. The number of benzene rings is 6. The van der Waals surface area contributed by atoms with Gasteiger partial charge in [-0.15, -0.1) is 0 Å². The molecule has 2 aliphatic rings. The van der Waals surface area contributed by atoms with Crippen molar-refractivity contribution in [2.75, 3.05) is 4.90 Å². The predicted octanol–water partition coefficient (Wildman–Crippen LogP) is 10.5. The van der Waals surface area contributed by atoms with Gasteiger partial charge < -0.3 is 9.47 Å². The first-order valence-corrected chi connectivity index (χ1v) is 17.4. The van der Waals surface area contributed by atoms with Crippen molar-refractivity contribution in [3.8, 4) is 23.0 Å². The van der Waals surface area contributed by atoms with Gasteiger partial charge in [-0.1, -0.05) is 127 Å². The molecule has 0 radical (unpaired) electrons. The Morgan fingerprint density at radius 1 is 0.412 bits per heavy atom. The van der Waals surface area contributed by atoms with Crippen molar-refractivity contribution in [3.05, 3.63) is 175 Å². The molecule has 2 unspecified atom stereocenters. The minimum atomic E-state index is 0.0428. The average Bonchev–Trinajstić information content (AvgIpc) is 3.84. The zero-order valence-electron chi connectivity index (χ0n) is 27.5. The summed E-state index contributed by atoms with van der Waals surface area (Å²) in [7, 11) is 0. The van der Waals surface area contributed by atoms with Gasteiger partial charge in [0.25, 0.3) is 0 Å².